The molecule has 1 aromatic carbocycles. The van der Waals surface area contributed by atoms with E-state index >= 15 is 0 Å². The Hall–Kier alpha value is -1.96. The molecule has 2 aromatic rings. The molecule has 0 unspecified atom stereocenters. The normalized spacial score (nSPS) is 11.0. The highest BCUT2D eigenvalue weighted by Gasteiger charge is 2.16. The second-order valence-corrected chi connectivity index (χ2v) is 5.68. The number of nitrogens with two attached hydrogens (primary N) is 1. The van der Waals surface area contributed by atoms with Crippen LogP contribution in [0.2, 0.25) is 0 Å². The minimum atomic E-state index is -0.736. The standard InChI is InChI=1S/C14H14BrF2N3O2/c1-7(2)20-13(21)11(15)12(19-14(20)18)22-6-8-3-4-9(16)5-10(8)17/h3-5,7H,6H2,1-2H3,(H2,18,19). The summed E-state index contributed by atoms with van der Waals surface area (Å²) in [5.41, 5.74) is 5.49. The number of benzene rings is 1. The van der Waals surface area contributed by atoms with Crippen molar-refractivity contribution < 1.29 is 13.5 Å². The molecule has 0 aliphatic carbocycles. The molecule has 0 spiro atoms. The molecule has 1 heterocycles. The van der Waals surface area contributed by atoms with Gasteiger partial charge < -0.3 is 10.5 Å². The first-order valence-corrected chi connectivity index (χ1v) is 7.24. The molecule has 0 radical (unpaired) electrons. The van der Waals surface area contributed by atoms with Crippen molar-refractivity contribution in [2.24, 2.45) is 0 Å². The summed E-state index contributed by atoms with van der Waals surface area (Å²) in [6.45, 7) is 3.38. The molecule has 0 saturated heterocycles. The van der Waals surface area contributed by atoms with E-state index in [1.165, 1.54) is 10.6 Å². The maximum absolute atomic E-state index is 13.5. The predicted octanol–water partition coefficient (Wildman–Crippen LogP) is 3.03. The zero-order valence-electron chi connectivity index (χ0n) is 11.9. The Labute approximate surface area is 133 Å². The Morgan fingerprint density at radius 1 is 1.41 bits per heavy atom. The molecule has 0 aliphatic heterocycles. The Balaban J connectivity index is 2.29. The van der Waals surface area contributed by atoms with Gasteiger partial charge in [-0.1, -0.05) is 0 Å². The Morgan fingerprint density at radius 2 is 2.09 bits per heavy atom. The number of rotatable bonds is 4. The van der Waals surface area contributed by atoms with Gasteiger partial charge in [-0.15, -0.1) is 0 Å². The average molecular weight is 374 g/mol. The van der Waals surface area contributed by atoms with Gasteiger partial charge in [0.15, 0.2) is 0 Å². The molecule has 118 valence electrons. The second-order valence-electron chi connectivity index (χ2n) is 4.88. The van der Waals surface area contributed by atoms with Crippen LogP contribution < -0.4 is 16.0 Å². The third-order valence-electron chi connectivity index (χ3n) is 2.95. The van der Waals surface area contributed by atoms with Crippen molar-refractivity contribution >= 4 is 21.9 Å². The zero-order chi connectivity index (χ0) is 16.4. The van der Waals surface area contributed by atoms with Gasteiger partial charge in [-0.25, -0.2) is 8.78 Å². The average Bonchev–Trinajstić information content (AvgIpc) is 2.42. The lowest BCUT2D eigenvalue weighted by Gasteiger charge is -2.15. The third-order valence-corrected chi connectivity index (χ3v) is 3.63. The van der Waals surface area contributed by atoms with E-state index in [9.17, 15) is 13.6 Å². The van der Waals surface area contributed by atoms with Crippen LogP contribution in [0.15, 0.2) is 27.5 Å². The fourth-order valence-corrected chi connectivity index (χ4v) is 2.28. The molecule has 0 aliphatic rings. The van der Waals surface area contributed by atoms with Crippen LogP contribution in [0.25, 0.3) is 0 Å². The molecular formula is C14H14BrF2N3O2. The molecule has 2 N–H and O–H groups in total. The van der Waals surface area contributed by atoms with Crippen molar-refractivity contribution in [1.29, 1.82) is 0 Å². The van der Waals surface area contributed by atoms with Crippen LogP contribution in [0, 0.1) is 11.6 Å². The van der Waals surface area contributed by atoms with Crippen molar-refractivity contribution in [3.8, 4) is 5.88 Å². The Morgan fingerprint density at radius 3 is 2.68 bits per heavy atom. The number of hydrogen-bond donors (Lipinski definition) is 1. The lowest BCUT2D eigenvalue weighted by atomic mass is 10.2. The number of anilines is 1. The van der Waals surface area contributed by atoms with Gasteiger partial charge in [0.2, 0.25) is 11.8 Å². The summed E-state index contributed by atoms with van der Waals surface area (Å²) in [5, 5.41) is 0. The molecule has 0 atom stereocenters. The number of nitrogens with zero attached hydrogens (tertiary/aromatic N) is 2. The van der Waals surface area contributed by atoms with E-state index in [0.717, 1.165) is 12.1 Å². The highest BCUT2D eigenvalue weighted by molar-refractivity contribution is 9.10. The van der Waals surface area contributed by atoms with Crippen LogP contribution in [-0.4, -0.2) is 9.55 Å². The van der Waals surface area contributed by atoms with E-state index in [1.54, 1.807) is 13.8 Å². The highest BCUT2D eigenvalue weighted by atomic mass is 79.9. The van der Waals surface area contributed by atoms with Crippen molar-refractivity contribution in [1.82, 2.24) is 9.55 Å². The van der Waals surface area contributed by atoms with Crippen LogP contribution in [-0.2, 0) is 6.61 Å². The quantitative estimate of drug-likeness (QED) is 0.893. The van der Waals surface area contributed by atoms with Crippen LogP contribution in [0.3, 0.4) is 0 Å². The molecule has 0 fully saturated rings. The summed E-state index contributed by atoms with van der Waals surface area (Å²) in [4.78, 5) is 16.2. The van der Waals surface area contributed by atoms with Gasteiger partial charge in [-0.2, -0.15) is 4.98 Å². The first-order valence-electron chi connectivity index (χ1n) is 6.45. The number of aromatic nitrogens is 2. The zero-order valence-corrected chi connectivity index (χ0v) is 13.5. The molecule has 0 saturated carbocycles. The fraction of sp³-hybridized carbons (Fsp3) is 0.286. The van der Waals surface area contributed by atoms with Gasteiger partial charge in [0.1, 0.15) is 22.7 Å². The van der Waals surface area contributed by atoms with Crippen molar-refractivity contribution in [3.05, 3.63) is 50.2 Å². The minimum Gasteiger partial charge on any atom is -0.472 e. The van der Waals surface area contributed by atoms with E-state index in [4.69, 9.17) is 10.5 Å². The molecule has 22 heavy (non-hydrogen) atoms. The van der Waals surface area contributed by atoms with Gasteiger partial charge >= 0.3 is 0 Å². The van der Waals surface area contributed by atoms with E-state index in [0.29, 0.717) is 0 Å². The Kier molecular flexibility index (Phi) is 4.80. The van der Waals surface area contributed by atoms with Gasteiger partial charge in [-0.05, 0) is 41.9 Å². The second kappa shape index (κ2) is 6.43. The van der Waals surface area contributed by atoms with E-state index in [-0.39, 0.29) is 34.5 Å². The van der Waals surface area contributed by atoms with Crippen LogP contribution in [0.4, 0.5) is 14.7 Å². The predicted molar refractivity (Wildman–Crippen MR) is 81.7 cm³/mol. The number of ether oxygens (including phenoxy) is 1. The number of hydrogen-bond acceptors (Lipinski definition) is 4. The van der Waals surface area contributed by atoms with Crippen molar-refractivity contribution in [3.63, 3.8) is 0 Å². The Bertz CT molecular complexity index is 762. The molecule has 0 bridgehead atoms. The van der Waals surface area contributed by atoms with Crippen molar-refractivity contribution in [2.45, 2.75) is 26.5 Å². The van der Waals surface area contributed by atoms with Crippen LogP contribution in [0.5, 0.6) is 5.88 Å². The summed E-state index contributed by atoms with van der Waals surface area (Å²) >= 11 is 3.11. The first-order chi connectivity index (χ1) is 10.3. The lowest BCUT2D eigenvalue weighted by Crippen LogP contribution is -2.27. The first kappa shape index (κ1) is 16.4. The van der Waals surface area contributed by atoms with Gasteiger partial charge in [0.25, 0.3) is 5.56 Å². The summed E-state index contributed by atoms with van der Waals surface area (Å²) in [7, 11) is 0. The van der Waals surface area contributed by atoms with E-state index in [2.05, 4.69) is 20.9 Å². The SMILES string of the molecule is CC(C)n1c(N)nc(OCc2ccc(F)cc2F)c(Br)c1=O. The summed E-state index contributed by atoms with van der Waals surface area (Å²) < 4.78 is 33.1. The fourth-order valence-electron chi connectivity index (χ4n) is 1.89. The monoisotopic (exact) mass is 373 g/mol. The van der Waals surface area contributed by atoms with Crippen molar-refractivity contribution in [2.75, 3.05) is 5.73 Å². The summed E-state index contributed by atoms with van der Waals surface area (Å²) in [6, 6.07) is 2.97. The van der Waals surface area contributed by atoms with Gasteiger partial charge in [0, 0.05) is 17.7 Å². The maximum Gasteiger partial charge on any atom is 0.273 e. The van der Waals surface area contributed by atoms with Crippen LogP contribution in [0.1, 0.15) is 25.5 Å². The maximum atomic E-state index is 13.5. The molecule has 1 aromatic heterocycles. The number of halogens is 3. The largest absolute Gasteiger partial charge is 0.472 e. The van der Waals surface area contributed by atoms with E-state index < -0.39 is 17.2 Å². The van der Waals surface area contributed by atoms with Gasteiger partial charge in [-0.3, -0.25) is 9.36 Å². The molecular weight excluding hydrogens is 360 g/mol. The third kappa shape index (κ3) is 3.27. The van der Waals surface area contributed by atoms with Crippen LogP contribution >= 0.6 is 15.9 Å². The highest BCUT2D eigenvalue weighted by Crippen LogP contribution is 2.22. The van der Waals surface area contributed by atoms with Gasteiger partial charge in [0.05, 0.1) is 0 Å². The topological polar surface area (TPSA) is 70.1 Å². The molecule has 0 amide bonds. The smallest absolute Gasteiger partial charge is 0.273 e. The molecule has 5 nitrogen and oxygen atoms in total. The number of nitrogen functional groups attached to an aromatic ring is 1. The molecule has 2 rings (SSSR count). The summed E-state index contributed by atoms with van der Waals surface area (Å²) in [5.74, 6) is -1.45. The van der Waals surface area contributed by atoms with E-state index in [1.807, 2.05) is 0 Å². The lowest BCUT2D eigenvalue weighted by molar-refractivity contribution is 0.283. The summed E-state index contributed by atoms with van der Waals surface area (Å²) in [6.07, 6.45) is 0. The minimum absolute atomic E-state index is 0.00206. The molecule has 8 heteroatoms.